The minimum atomic E-state index is -1.03. The van der Waals surface area contributed by atoms with Crippen molar-refractivity contribution in [2.24, 2.45) is 5.92 Å². The van der Waals surface area contributed by atoms with E-state index in [1.54, 1.807) is 26.1 Å². The Morgan fingerprint density at radius 2 is 2.26 bits per heavy atom. The Morgan fingerprint density at radius 3 is 2.84 bits per heavy atom. The van der Waals surface area contributed by atoms with E-state index in [1.807, 2.05) is 0 Å². The van der Waals surface area contributed by atoms with Crippen LogP contribution in [0.15, 0.2) is 18.2 Å². The van der Waals surface area contributed by atoms with Crippen molar-refractivity contribution in [3.63, 3.8) is 0 Å². The second-order valence-electron chi connectivity index (χ2n) is 4.09. The summed E-state index contributed by atoms with van der Waals surface area (Å²) in [5.41, 5.74) is 0. The Labute approximate surface area is 115 Å². The summed E-state index contributed by atoms with van der Waals surface area (Å²) in [5.74, 6) is -1.41. The van der Waals surface area contributed by atoms with Gasteiger partial charge in [-0.25, -0.2) is 4.79 Å². The molecule has 1 aromatic heterocycles. The van der Waals surface area contributed by atoms with Crippen LogP contribution < -0.4 is 0 Å². The van der Waals surface area contributed by atoms with E-state index in [-0.39, 0.29) is 11.8 Å². The van der Waals surface area contributed by atoms with Gasteiger partial charge in [0.25, 0.3) is 5.91 Å². The van der Waals surface area contributed by atoms with E-state index in [0.717, 1.165) is 6.08 Å². The summed E-state index contributed by atoms with van der Waals surface area (Å²) in [6, 6.07) is 5.42. The molecule has 1 heterocycles. The number of hydrogen-bond donors (Lipinski definition) is 1. The molecule has 6 heteroatoms. The monoisotopic (exact) mass is 278 g/mol. The number of rotatable bonds is 5. The number of nitriles is 1. The van der Waals surface area contributed by atoms with Crippen LogP contribution in [0.25, 0.3) is 6.08 Å². The molecule has 0 saturated heterocycles. The molecule has 5 nitrogen and oxygen atoms in total. The summed E-state index contributed by atoms with van der Waals surface area (Å²) in [7, 11) is 1.64. The first-order chi connectivity index (χ1) is 8.93. The molecule has 0 fully saturated rings. The molecule has 0 aliphatic carbocycles. The average Bonchev–Trinajstić information content (AvgIpc) is 2.83. The fourth-order valence-corrected chi connectivity index (χ4v) is 2.34. The summed E-state index contributed by atoms with van der Waals surface area (Å²) < 4.78 is 0. The molecule has 0 aromatic carbocycles. The zero-order chi connectivity index (χ0) is 14.4. The Bertz CT molecular complexity index is 542. The van der Waals surface area contributed by atoms with Gasteiger partial charge in [0.15, 0.2) is 0 Å². The molecule has 1 aromatic rings. The number of carbonyl (C=O) groups is 2. The fourth-order valence-electron chi connectivity index (χ4n) is 1.43. The highest BCUT2D eigenvalue weighted by atomic mass is 32.1. The topological polar surface area (TPSA) is 81.4 Å². The molecule has 0 spiro atoms. The maximum Gasteiger partial charge on any atom is 0.328 e. The van der Waals surface area contributed by atoms with Gasteiger partial charge in [-0.2, -0.15) is 5.26 Å². The number of carboxylic acid groups (broad SMARTS) is 1. The van der Waals surface area contributed by atoms with E-state index in [9.17, 15) is 9.59 Å². The molecule has 1 N–H and O–H groups in total. The van der Waals surface area contributed by atoms with Gasteiger partial charge in [0.05, 0.1) is 16.9 Å². The quantitative estimate of drug-likeness (QED) is 0.836. The van der Waals surface area contributed by atoms with E-state index in [4.69, 9.17) is 10.4 Å². The van der Waals surface area contributed by atoms with E-state index in [2.05, 4.69) is 6.07 Å². The van der Waals surface area contributed by atoms with Crippen molar-refractivity contribution in [1.29, 1.82) is 5.26 Å². The van der Waals surface area contributed by atoms with Gasteiger partial charge in [0, 0.05) is 24.5 Å². The summed E-state index contributed by atoms with van der Waals surface area (Å²) >= 11 is 1.22. The van der Waals surface area contributed by atoms with E-state index < -0.39 is 5.97 Å². The molecular weight excluding hydrogens is 264 g/mol. The average molecular weight is 278 g/mol. The molecule has 1 unspecified atom stereocenters. The molecule has 19 heavy (non-hydrogen) atoms. The number of thiophene rings is 1. The second kappa shape index (κ2) is 6.71. The third-order valence-corrected chi connectivity index (χ3v) is 3.38. The third kappa shape index (κ3) is 4.56. The zero-order valence-electron chi connectivity index (χ0n) is 10.7. The predicted molar refractivity (Wildman–Crippen MR) is 72.7 cm³/mol. The minimum absolute atomic E-state index is 0.165. The lowest BCUT2D eigenvalue weighted by molar-refractivity contribution is -0.131. The van der Waals surface area contributed by atoms with Crippen molar-refractivity contribution in [3.05, 3.63) is 28.0 Å². The summed E-state index contributed by atoms with van der Waals surface area (Å²) in [4.78, 5) is 25.1. The predicted octanol–water partition coefficient (Wildman–Crippen LogP) is 2.08. The molecule has 0 aliphatic heterocycles. The maximum absolute atomic E-state index is 12.0. The van der Waals surface area contributed by atoms with Crippen molar-refractivity contribution in [2.75, 3.05) is 13.6 Å². The van der Waals surface area contributed by atoms with Crippen LogP contribution in [0.5, 0.6) is 0 Å². The van der Waals surface area contributed by atoms with Crippen LogP contribution >= 0.6 is 11.3 Å². The SMILES string of the molecule is CC(C#N)CN(C)C(=O)c1ccc(C=CC(=O)O)s1. The number of aliphatic carboxylic acids is 1. The highest BCUT2D eigenvalue weighted by molar-refractivity contribution is 7.14. The van der Waals surface area contributed by atoms with Gasteiger partial charge in [-0.3, -0.25) is 4.79 Å². The minimum Gasteiger partial charge on any atom is -0.478 e. The number of carboxylic acids is 1. The maximum atomic E-state index is 12.0. The van der Waals surface area contributed by atoms with Crippen molar-refractivity contribution < 1.29 is 14.7 Å². The lowest BCUT2D eigenvalue weighted by Crippen LogP contribution is -2.30. The van der Waals surface area contributed by atoms with Crippen LogP contribution in [0.3, 0.4) is 0 Å². The van der Waals surface area contributed by atoms with Crippen LogP contribution in [0.4, 0.5) is 0 Å². The zero-order valence-corrected chi connectivity index (χ0v) is 11.5. The molecular formula is C13H14N2O3S. The third-order valence-electron chi connectivity index (χ3n) is 2.34. The first-order valence-corrected chi connectivity index (χ1v) is 6.41. The summed E-state index contributed by atoms with van der Waals surface area (Å²) in [5, 5.41) is 17.2. The Hall–Kier alpha value is -2.13. The van der Waals surface area contributed by atoms with Crippen LogP contribution in [0.1, 0.15) is 21.5 Å². The van der Waals surface area contributed by atoms with Crippen LogP contribution in [-0.4, -0.2) is 35.5 Å². The second-order valence-corrected chi connectivity index (χ2v) is 5.20. The molecule has 0 aliphatic rings. The van der Waals surface area contributed by atoms with Crippen LogP contribution in [0, 0.1) is 17.2 Å². The van der Waals surface area contributed by atoms with Gasteiger partial charge in [0.2, 0.25) is 0 Å². The molecule has 0 radical (unpaired) electrons. The van der Waals surface area contributed by atoms with Crippen molar-refractivity contribution in [3.8, 4) is 6.07 Å². The molecule has 1 amide bonds. The number of nitrogens with zero attached hydrogens (tertiary/aromatic N) is 2. The van der Waals surface area contributed by atoms with E-state index in [1.165, 1.54) is 22.3 Å². The van der Waals surface area contributed by atoms with Crippen LogP contribution in [-0.2, 0) is 4.79 Å². The lowest BCUT2D eigenvalue weighted by Gasteiger charge is -2.17. The molecule has 0 bridgehead atoms. The molecule has 1 rings (SSSR count). The van der Waals surface area contributed by atoms with E-state index >= 15 is 0 Å². The Balaban J connectivity index is 2.73. The summed E-state index contributed by atoms with van der Waals surface area (Å²) in [6.07, 6.45) is 2.48. The van der Waals surface area contributed by atoms with Crippen molar-refractivity contribution in [1.82, 2.24) is 4.90 Å². The largest absolute Gasteiger partial charge is 0.478 e. The van der Waals surface area contributed by atoms with Gasteiger partial charge in [-0.15, -0.1) is 11.3 Å². The lowest BCUT2D eigenvalue weighted by atomic mass is 10.2. The van der Waals surface area contributed by atoms with Crippen molar-refractivity contribution in [2.45, 2.75) is 6.92 Å². The first-order valence-electron chi connectivity index (χ1n) is 5.60. The van der Waals surface area contributed by atoms with Crippen molar-refractivity contribution >= 4 is 29.3 Å². The Morgan fingerprint density at radius 1 is 1.58 bits per heavy atom. The normalized spacial score (nSPS) is 12.1. The standard InChI is InChI=1S/C13H14N2O3S/c1-9(7-14)8-15(2)13(18)11-5-3-10(19-11)4-6-12(16)17/h3-6,9H,8H2,1-2H3,(H,16,17). The van der Waals surface area contributed by atoms with Crippen LogP contribution in [0.2, 0.25) is 0 Å². The van der Waals surface area contributed by atoms with Gasteiger partial charge in [-0.1, -0.05) is 0 Å². The van der Waals surface area contributed by atoms with Gasteiger partial charge in [0.1, 0.15) is 0 Å². The highest BCUT2D eigenvalue weighted by Crippen LogP contribution is 2.19. The van der Waals surface area contributed by atoms with E-state index in [0.29, 0.717) is 16.3 Å². The summed E-state index contributed by atoms with van der Waals surface area (Å²) in [6.45, 7) is 2.12. The first kappa shape index (κ1) is 14.9. The fraction of sp³-hybridized carbons (Fsp3) is 0.308. The van der Waals surface area contributed by atoms with Gasteiger partial charge in [-0.05, 0) is 25.1 Å². The number of amides is 1. The molecule has 0 saturated carbocycles. The van der Waals surface area contributed by atoms with Gasteiger partial charge >= 0.3 is 5.97 Å². The smallest absolute Gasteiger partial charge is 0.328 e. The van der Waals surface area contributed by atoms with Gasteiger partial charge < -0.3 is 10.0 Å². The number of carbonyl (C=O) groups excluding carboxylic acids is 1. The Kier molecular flexibility index (Phi) is 5.27. The molecule has 100 valence electrons. The molecule has 1 atom stereocenters. The number of hydrogen-bond acceptors (Lipinski definition) is 4. The highest BCUT2D eigenvalue weighted by Gasteiger charge is 2.15.